The summed E-state index contributed by atoms with van der Waals surface area (Å²) in [5.41, 5.74) is 1.87. The second-order valence-electron chi connectivity index (χ2n) is 7.22. The minimum atomic E-state index is 0. The smallest absolute Gasteiger partial charge is 0.194 e. The zero-order valence-electron chi connectivity index (χ0n) is 17.5. The first kappa shape index (κ1) is 22.5. The topological polar surface area (TPSA) is 87.1 Å². The molecule has 0 atom stereocenters. The van der Waals surface area contributed by atoms with E-state index in [-0.39, 0.29) is 24.0 Å². The zero-order chi connectivity index (χ0) is 20.1. The molecule has 162 valence electrons. The van der Waals surface area contributed by atoms with Crippen molar-refractivity contribution < 1.29 is 4.52 Å². The highest BCUT2D eigenvalue weighted by molar-refractivity contribution is 14.0. The van der Waals surface area contributed by atoms with E-state index >= 15 is 0 Å². The number of guanidine groups is 1. The van der Waals surface area contributed by atoms with Crippen molar-refractivity contribution in [2.45, 2.75) is 26.8 Å². The van der Waals surface area contributed by atoms with E-state index in [1.54, 1.807) is 0 Å². The van der Waals surface area contributed by atoms with Crippen molar-refractivity contribution in [1.82, 2.24) is 34.9 Å². The molecule has 9 nitrogen and oxygen atoms in total. The molecule has 30 heavy (non-hydrogen) atoms. The molecule has 0 saturated carbocycles. The number of halogens is 1. The molecular weight excluding hydrogens is 495 g/mol. The number of piperazine rings is 1. The fourth-order valence-corrected chi connectivity index (χ4v) is 3.59. The summed E-state index contributed by atoms with van der Waals surface area (Å²) in [6, 6.07) is 7.93. The number of aryl methyl sites for hydroxylation is 1. The first-order chi connectivity index (χ1) is 14.2. The van der Waals surface area contributed by atoms with Crippen LogP contribution in [0.2, 0.25) is 0 Å². The Labute approximate surface area is 193 Å². The molecule has 0 radical (unpaired) electrons. The number of hydrogen-bond donors (Lipinski definition) is 1. The molecule has 1 N–H and O–H groups in total. The Hall–Kier alpha value is -2.21. The molecule has 0 amide bonds. The summed E-state index contributed by atoms with van der Waals surface area (Å²) in [4.78, 5) is 9.57. The van der Waals surface area contributed by atoms with Crippen LogP contribution >= 0.6 is 24.0 Å². The summed E-state index contributed by atoms with van der Waals surface area (Å²) >= 11 is 0. The lowest BCUT2D eigenvalue weighted by atomic mass is 10.3. The summed E-state index contributed by atoms with van der Waals surface area (Å²) in [7, 11) is 0. The lowest BCUT2D eigenvalue weighted by Gasteiger charge is -2.36. The first-order valence-corrected chi connectivity index (χ1v) is 10.2. The lowest BCUT2D eigenvalue weighted by Crippen LogP contribution is -2.52. The molecule has 0 aromatic carbocycles. The van der Waals surface area contributed by atoms with Gasteiger partial charge in [0.05, 0.1) is 5.69 Å². The first-order valence-electron chi connectivity index (χ1n) is 10.2. The quantitative estimate of drug-likeness (QED) is 0.300. The van der Waals surface area contributed by atoms with E-state index in [1.807, 2.05) is 41.8 Å². The van der Waals surface area contributed by atoms with Gasteiger partial charge in [0.1, 0.15) is 11.6 Å². The van der Waals surface area contributed by atoms with E-state index in [1.165, 1.54) is 0 Å². The molecule has 3 aromatic heterocycles. The van der Waals surface area contributed by atoms with E-state index in [0.29, 0.717) is 6.54 Å². The van der Waals surface area contributed by atoms with E-state index in [0.717, 1.165) is 74.6 Å². The van der Waals surface area contributed by atoms with Crippen LogP contribution in [0.5, 0.6) is 0 Å². The fourth-order valence-electron chi connectivity index (χ4n) is 3.59. The van der Waals surface area contributed by atoms with E-state index < -0.39 is 0 Å². The molecule has 10 heteroatoms. The van der Waals surface area contributed by atoms with E-state index in [2.05, 4.69) is 37.4 Å². The fraction of sp³-hybridized carbons (Fsp3) is 0.500. The number of aromatic nitrogens is 4. The van der Waals surface area contributed by atoms with Crippen molar-refractivity contribution in [1.29, 1.82) is 0 Å². The van der Waals surface area contributed by atoms with Gasteiger partial charge in [0.2, 0.25) is 0 Å². The Kier molecular flexibility index (Phi) is 8.02. The maximum Gasteiger partial charge on any atom is 0.194 e. The summed E-state index contributed by atoms with van der Waals surface area (Å²) in [6.07, 6.45) is 2.75. The van der Waals surface area contributed by atoms with Gasteiger partial charge in [0, 0.05) is 64.5 Å². The van der Waals surface area contributed by atoms with Crippen LogP contribution in [0.4, 0.5) is 0 Å². The Morgan fingerprint density at radius 2 is 2.03 bits per heavy atom. The third-order valence-electron chi connectivity index (χ3n) is 5.05. The Bertz CT molecular complexity index is 961. The maximum absolute atomic E-state index is 5.17. The van der Waals surface area contributed by atoms with E-state index in [4.69, 9.17) is 9.52 Å². The van der Waals surface area contributed by atoms with Gasteiger partial charge in [-0.05, 0) is 26.0 Å². The van der Waals surface area contributed by atoms with Crippen molar-refractivity contribution in [3.63, 3.8) is 0 Å². The highest BCUT2D eigenvalue weighted by Gasteiger charge is 2.20. The minimum absolute atomic E-state index is 0. The van der Waals surface area contributed by atoms with Crippen LogP contribution < -0.4 is 5.32 Å². The second-order valence-corrected chi connectivity index (χ2v) is 7.22. The van der Waals surface area contributed by atoms with Crippen LogP contribution in [0, 0.1) is 6.92 Å². The molecule has 1 aliphatic rings. The van der Waals surface area contributed by atoms with Gasteiger partial charge in [-0.25, -0.2) is 0 Å². The highest BCUT2D eigenvalue weighted by atomic mass is 127. The van der Waals surface area contributed by atoms with Crippen molar-refractivity contribution in [2.24, 2.45) is 4.99 Å². The van der Waals surface area contributed by atoms with Gasteiger partial charge in [-0.2, -0.15) is 0 Å². The molecular formula is C20H29IN8O. The van der Waals surface area contributed by atoms with Gasteiger partial charge in [-0.3, -0.25) is 14.3 Å². The molecule has 1 aliphatic heterocycles. The van der Waals surface area contributed by atoms with Gasteiger partial charge >= 0.3 is 0 Å². The largest absolute Gasteiger partial charge is 0.361 e. The van der Waals surface area contributed by atoms with E-state index in [9.17, 15) is 0 Å². The average molecular weight is 524 g/mol. The summed E-state index contributed by atoms with van der Waals surface area (Å²) < 4.78 is 7.19. The summed E-state index contributed by atoms with van der Waals surface area (Å²) in [6.45, 7) is 10.2. The SMILES string of the molecule is CCNC(=NCCc1nnc2ccccn12)N1CCN(Cc2cc(C)on2)CC1.I. The number of aliphatic imine (C=N–C) groups is 1. The van der Waals surface area contributed by atoms with Gasteiger partial charge < -0.3 is 14.7 Å². The number of rotatable bonds is 6. The predicted molar refractivity (Wildman–Crippen MR) is 126 cm³/mol. The number of pyridine rings is 1. The zero-order valence-corrected chi connectivity index (χ0v) is 19.8. The van der Waals surface area contributed by atoms with Gasteiger partial charge in [0.25, 0.3) is 0 Å². The highest BCUT2D eigenvalue weighted by Crippen LogP contribution is 2.10. The number of fused-ring (bicyclic) bond motifs is 1. The maximum atomic E-state index is 5.17. The Balaban J connectivity index is 0.00000256. The number of nitrogens with one attached hydrogen (secondary N) is 1. The van der Waals surface area contributed by atoms with Gasteiger partial charge in [-0.1, -0.05) is 11.2 Å². The van der Waals surface area contributed by atoms with Crippen molar-refractivity contribution in [3.8, 4) is 0 Å². The van der Waals surface area contributed by atoms with Crippen LogP contribution in [0.15, 0.2) is 40.0 Å². The van der Waals surface area contributed by atoms with Crippen molar-refractivity contribution in [2.75, 3.05) is 39.3 Å². The van der Waals surface area contributed by atoms with Gasteiger partial charge in [0.15, 0.2) is 11.6 Å². The van der Waals surface area contributed by atoms with Crippen LogP contribution in [-0.4, -0.2) is 74.8 Å². The van der Waals surface area contributed by atoms with Crippen LogP contribution in [0.25, 0.3) is 5.65 Å². The van der Waals surface area contributed by atoms with Crippen molar-refractivity contribution in [3.05, 3.63) is 47.7 Å². The van der Waals surface area contributed by atoms with Crippen LogP contribution in [-0.2, 0) is 13.0 Å². The molecule has 0 unspecified atom stereocenters. The minimum Gasteiger partial charge on any atom is -0.361 e. The lowest BCUT2D eigenvalue weighted by molar-refractivity contribution is 0.169. The third-order valence-corrected chi connectivity index (χ3v) is 5.05. The standard InChI is InChI=1S/C20H28N8O.HI/c1-3-21-20(22-8-7-19-24-23-18-6-4-5-9-28(18)19)27-12-10-26(11-13-27)15-17-14-16(2)29-25-17;/h4-6,9,14H,3,7-8,10-13,15H2,1-2H3,(H,21,22);1H. The molecule has 1 saturated heterocycles. The second kappa shape index (κ2) is 10.7. The predicted octanol–water partition coefficient (Wildman–Crippen LogP) is 1.97. The van der Waals surface area contributed by atoms with Crippen LogP contribution in [0.1, 0.15) is 24.2 Å². The van der Waals surface area contributed by atoms with Crippen molar-refractivity contribution >= 4 is 35.6 Å². The number of nitrogens with zero attached hydrogens (tertiary/aromatic N) is 7. The Morgan fingerprint density at radius 1 is 1.20 bits per heavy atom. The number of hydrogen-bond acceptors (Lipinski definition) is 6. The monoisotopic (exact) mass is 524 g/mol. The van der Waals surface area contributed by atoms with Gasteiger partial charge in [-0.15, -0.1) is 34.2 Å². The molecule has 1 fully saturated rings. The Morgan fingerprint density at radius 3 is 2.77 bits per heavy atom. The molecule has 4 rings (SSSR count). The summed E-state index contributed by atoms with van der Waals surface area (Å²) in [5, 5.41) is 16.0. The average Bonchev–Trinajstić information content (AvgIpc) is 3.34. The third kappa shape index (κ3) is 5.48. The summed E-state index contributed by atoms with van der Waals surface area (Å²) in [5.74, 6) is 2.77. The normalized spacial score (nSPS) is 15.4. The van der Waals surface area contributed by atoms with Crippen LogP contribution in [0.3, 0.4) is 0 Å². The molecule has 4 heterocycles. The molecule has 0 spiro atoms. The molecule has 0 bridgehead atoms. The molecule has 3 aromatic rings. The molecule has 0 aliphatic carbocycles.